The minimum Gasteiger partial charge on any atom is -0.743 e. The van der Waals surface area contributed by atoms with Crippen LogP contribution >= 0.6 is 0 Å². The van der Waals surface area contributed by atoms with E-state index in [1.54, 1.807) is 0 Å². The van der Waals surface area contributed by atoms with E-state index in [0.29, 0.717) is 6.08 Å². The Bertz CT molecular complexity index is 315. The van der Waals surface area contributed by atoms with Gasteiger partial charge >= 0.3 is 30.2 Å². The quantitative estimate of drug-likeness (QED) is 0.241. The molecule has 0 fully saturated rings. The van der Waals surface area contributed by atoms with E-state index in [-0.39, 0.29) is 18.9 Å². The van der Waals surface area contributed by atoms with Gasteiger partial charge in [0.15, 0.2) is 10.1 Å². The molecule has 0 unspecified atom stereocenters. The summed E-state index contributed by atoms with van der Waals surface area (Å²) in [6.45, 7) is 1.86. The zero-order valence-electron chi connectivity index (χ0n) is 7.54. The summed E-state index contributed by atoms with van der Waals surface area (Å²) in [6.07, 6.45) is -4.68. The van der Waals surface area contributed by atoms with Crippen molar-refractivity contribution in [2.75, 3.05) is 6.61 Å². The van der Waals surface area contributed by atoms with Crippen LogP contribution in [0, 0.1) is 0 Å². The molecule has 0 heterocycles. The van der Waals surface area contributed by atoms with Gasteiger partial charge in [-0.25, -0.2) is 8.42 Å². The fraction of sp³-hybridized carbons (Fsp3) is 0.600. The Morgan fingerprint density at radius 3 is 2.00 bits per heavy atom. The third-order valence-electron chi connectivity index (χ3n) is 1.04. The molecule has 0 aliphatic carbocycles. The molecule has 0 saturated carbocycles. The molecule has 0 aromatic carbocycles. The van der Waals surface area contributed by atoms with Crippen LogP contribution in [0.5, 0.6) is 0 Å². The predicted octanol–water partition coefficient (Wildman–Crippen LogP) is -2.08. The molecule has 10 heteroatoms. The molecule has 0 aromatic heterocycles. The molecule has 0 bridgehead atoms. The summed E-state index contributed by atoms with van der Waals surface area (Å²) >= 11 is 0. The van der Waals surface area contributed by atoms with E-state index < -0.39 is 28.1 Å². The van der Waals surface area contributed by atoms with E-state index in [2.05, 4.69) is 11.3 Å². The van der Waals surface area contributed by atoms with E-state index in [9.17, 15) is 30.5 Å². The van der Waals surface area contributed by atoms with Crippen LogP contribution in [0.25, 0.3) is 0 Å². The maximum Gasteiger partial charge on any atom is 1.00 e. The van der Waals surface area contributed by atoms with Crippen LogP contribution in [0.3, 0.4) is 0 Å². The van der Waals surface area contributed by atoms with Gasteiger partial charge in [-0.2, -0.15) is 17.6 Å². The number of rotatable bonds is 5. The SMILES string of the molecule is C=CCOC(F)(F)C(F)(F)S(=O)(=O)[O-].[Li+]. The smallest absolute Gasteiger partial charge is 0.743 e. The molecule has 15 heavy (non-hydrogen) atoms. The van der Waals surface area contributed by atoms with Gasteiger partial charge in [0.2, 0.25) is 0 Å². The fourth-order valence-electron chi connectivity index (χ4n) is 0.393. The summed E-state index contributed by atoms with van der Waals surface area (Å²) in [4.78, 5) is 0. The van der Waals surface area contributed by atoms with Gasteiger partial charge in [-0.05, 0) is 0 Å². The standard InChI is InChI=1S/C5H6F4O4S.Li/c1-2-3-13-4(6,7)5(8,9)14(10,11)12;/h2H,1,3H2,(H,10,11,12);/q;+1/p-1. The van der Waals surface area contributed by atoms with Crippen molar-refractivity contribution < 1.29 is 54.1 Å². The summed E-state index contributed by atoms with van der Waals surface area (Å²) < 4.78 is 81.5. The minimum absolute atomic E-state index is 0. The van der Waals surface area contributed by atoms with Crippen LogP contribution in [-0.4, -0.2) is 30.9 Å². The zero-order valence-corrected chi connectivity index (χ0v) is 8.36. The molecule has 0 aliphatic heterocycles. The Hall–Kier alpha value is -0.0726. The van der Waals surface area contributed by atoms with Gasteiger partial charge in [-0.3, -0.25) is 0 Å². The number of ether oxygens (including phenoxy) is 1. The Kier molecular flexibility index (Phi) is 6.14. The van der Waals surface area contributed by atoms with Crippen molar-refractivity contribution >= 4 is 10.1 Å². The second kappa shape index (κ2) is 5.31. The Morgan fingerprint density at radius 2 is 1.73 bits per heavy atom. The summed E-state index contributed by atoms with van der Waals surface area (Å²) in [6, 6.07) is 0. The molecule has 0 aliphatic rings. The van der Waals surface area contributed by atoms with Crippen LogP contribution in [0.2, 0.25) is 0 Å². The minimum atomic E-state index is -6.48. The van der Waals surface area contributed by atoms with Crippen LogP contribution in [0.1, 0.15) is 0 Å². The predicted molar refractivity (Wildman–Crippen MR) is 35.7 cm³/mol. The fourth-order valence-corrected chi connectivity index (χ4v) is 0.743. The molecule has 0 spiro atoms. The third-order valence-corrected chi connectivity index (χ3v) is 1.90. The van der Waals surface area contributed by atoms with Crippen molar-refractivity contribution in [1.29, 1.82) is 0 Å². The van der Waals surface area contributed by atoms with E-state index in [1.807, 2.05) is 0 Å². The van der Waals surface area contributed by atoms with E-state index in [4.69, 9.17) is 0 Å². The van der Waals surface area contributed by atoms with Gasteiger partial charge < -0.3 is 9.29 Å². The van der Waals surface area contributed by atoms with Gasteiger partial charge in [0, 0.05) is 0 Å². The second-order valence-electron chi connectivity index (χ2n) is 2.09. The van der Waals surface area contributed by atoms with Gasteiger partial charge in [0.05, 0.1) is 6.61 Å². The average molecular weight is 244 g/mol. The van der Waals surface area contributed by atoms with Crippen LogP contribution in [-0.2, 0) is 14.9 Å². The number of hydrogen-bond donors (Lipinski definition) is 0. The topological polar surface area (TPSA) is 66.4 Å². The first-order valence-corrected chi connectivity index (χ1v) is 4.43. The van der Waals surface area contributed by atoms with Gasteiger partial charge in [-0.1, -0.05) is 6.08 Å². The summed E-state index contributed by atoms with van der Waals surface area (Å²) in [5, 5.41) is -5.80. The van der Waals surface area contributed by atoms with Gasteiger partial charge in [-0.15, -0.1) is 6.58 Å². The number of alkyl halides is 4. The molecule has 84 valence electrons. The monoisotopic (exact) mass is 244 g/mol. The molecule has 0 amide bonds. The van der Waals surface area contributed by atoms with Crippen molar-refractivity contribution in [2.24, 2.45) is 0 Å². The molecule has 0 radical (unpaired) electrons. The van der Waals surface area contributed by atoms with Crippen LogP contribution < -0.4 is 18.9 Å². The average Bonchev–Trinajstić information content (AvgIpc) is 1.98. The molecular weight excluding hydrogens is 239 g/mol. The molecule has 0 atom stereocenters. The molecule has 0 aromatic rings. The Labute approximate surface area is 95.2 Å². The van der Waals surface area contributed by atoms with Crippen LogP contribution in [0.4, 0.5) is 17.6 Å². The van der Waals surface area contributed by atoms with Gasteiger partial charge in [0.25, 0.3) is 0 Å². The maximum absolute atomic E-state index is 12.3. The molecule has 0 rings (SSSR count). The van der Waals surface area contributed by atoms with Crippen molar-refractivity contribution in [3.05, 3.63) is 12.7 Å². The Morgan fingerprint density at radius 1 is 1.33 bits per heavy atom. The summed E-state index contributed by atoms with van der Waals surface area (Å²) in [5.41, 5.74) is 0. The first-order valence-electron chi connectivity index (χ1n) is 3.02. The summed E-state index contributed by atoms with van der Waals surface area (Å²) in [5.74, 6) is 0. The largest absolute Gasteiger partial charge is 1.00 e. The van der Waals surface area contributed by atoms with E-state index in [1.165, 1.54) is 0 Å². The normalized spacial score (nSPS) is 13.1. The van der Waals surface area contributed by atoms with E-state index >= 15 is 0 Å². The summed E-state index contributed by atoms with van der Waals surface area (Å²) in [7, 11) is -6.48. The van der Waals surface area contributed by atoms with Crippen molar-refractivity contribution in [3.8, 4) is 0 Å². The van der Waals surface area contributed by atoms with Crippen molar-refractivity contribution in [2.45, 2.75) is 11.4 Å². The third kappa shape index (κ3) is 3.77. The Balaban J connectivity index is 0. The van der Waals surface area contributed by atoms with Crippen molar-refractivity contribution in [1.82, 2.24) is 0 Å². The van der Waals surface area contributed by atoms with Crippen LogP contribution in [0.15, 0.2) is 12.7 Å². The zero-order chi connectivity index (χ0) is 11.6. The molecular formula is C5H5F4LiO4S. The first kappa shape index (κ1) is 17.3. The second-order valence-corrected chi connectivity index (χ2v) is 3.51. The number of hydrogen-bond acceptors (Lipinski definition) is 4. The molecule has 0 N–H and O–H groups in total. The van der Waals surface area contributed by atoms with E-state index in [0.717, 1.165) is 0 Å². The molecule has 0 saturated heterocycles. The maximum atomic E-state index is 12.3. The first-order chi connectivity index (χ1) is 6.06. The van der Waals surface area contributed by atoms with Gasteiger partial charge in [0.1, 0.15) is 0 Å². The van der Waals surface area contributed by atoms with Crippen molar-refractivity contribution in [3.63, 3.8) is 0 Å². The number of halogens is 4. The molecule has 4 nitrogen and oxygen atoms in total.